The van der Waals surface area contributed by atoms with Crippen molar-refractivity contribution in [3.8, 4) is 0 Å². The number of nitrogens with zero attached hydrogens (tertiary/aromatic N) is 1. The van der Waals surface area contributed by atoms with Gasteiger partial charge in [-0.1, -0.05) is 60.7 Å². The van der Waals surface area contributed by atoms with Gasteiger partial charge in [0.25, 0.3) is 0 Å². The highest BCUT2D eigenvalue weighted by molar-refractivity contribution is 5.36. The smallest absolute Gasteiger partial charge is 0.122 e. The molecule has 3 heteroatoms. The third-order valence-electron chi connectivity index (χ3n) is 3.48. The van der Waals surface area contributed by atoms with Crippen molar-refractivity contribution >= 4 is 0 Å². The zero-order valence-corrected chi connectivity index (χ0v) is 11.0. The largest absolute Gasteiger partial charge is 0.380 e. The van der Waals surface area contributed by atoms with Crippen molar-refractivity contribution in [1.29, 1.82) is 0 Å². The molecule has 20 heavy (non-hydrogen) atoms. The number of rotatable bonds is 4. The van der Waals surface area contributed by atoms with Gasteiger partial charge < -0.3 is 10.1 Å². The number of aliphatic hydroxyl groups is 1. The van der Waals surface area contributed by atoms with Gasteiger partial charge in [0.05, 0.1) is 0 Å². The Morgan fingerprint density at radius 1 is 0.900 bits per heavy atom. The number of nitrogens with one attached hydrogen (secondary N) is 1. The Hall–Kier alpha value is -2.39. The first-order valence-electron chi connectivity index (χ1n) is 6.61. The van der Waals surface area contributed by atoms with Crippen molar-refractivity contribution in [2.24, 2.45) is 0 Å². The number of H-pyrrole nitrogens is 1. The lowest BCUT2D eigenvalue weighted by Crippen LogP contribution is -2.30. The van der Waals surface area contributed by atoms with Crippen LogP contribution in [0.15, 0.2) is 73.1 Å². The van der Waals surface area contributed by atoms with E-state index in [1.165, 1.54) is 0 Å². The van der Waals surface area contributed by atoms with Crippen molar-refractivity contribution in [3.05, 3.63) is 90.0 Å². The second-order valence-corrected chi connectivity index (χ2v) is 4.80. The van der Waals surface area contributed by atoms with E-state index >= 15 is 0 Å². The fourth-order valence-electron chi connectivity index (χ4n) is 2.44. The maximum absolute atomic E-state index is 11.3. The summed E-state index contributed by atoms with van der Waals surface area (Å²) in [7, 11) is 0. The van der Waals surface area contributed by atoms with Gasteiger partial charge in [-0.05, 0) is 11.1 Å². The van der Waals surface area contributed by atoms with E-state index in [0.717, 1.165) is 17.0 Å². The van der Waals surface area contributed by atoms with Crippen LogP contribution in [-0.4, -0.2) is 15.1 Å². The average Bonchev–Trinajstić information content (AvgIpc) is 3.02. The van der Waals surface area contributed by atoms with Crippen LogP contribution in [0, 0.1) is 0 Å². The number of aromatic amines is 1. The molecular formula is C17H16N2O. The lowest BCUT2D eigenvalue weighted by molar-refractivity contribution is 0.0791. The van der Waals surface area contributed by atoms with Gasteiger partial charge in [0.2, 0.25) is 0 Å². The first-order chi connectivity index (χ1) is 9.79. The molecule has 0 saturated heterocycles. The molecule has 0 amide bonds. The zero-order chi connectivity index (χ0) is 13.8. The van der Waals surface area contributed by atoms with Gasteiger partial charge in [-0.25, -0.2) is 4.98 Å². The maximum Gasteiger partial charge on any atom is 0.122 e. The maximum atomic E-state index is 11.3. The van der Waals surface area contributed by atoms with E-state index in [1.807, 2.05) is 60.7 Å². The summed E-state index contributed by atoms with van der Waals surface area (Å²) in [6, 6.07) is 19.4. The third-order valence-corrected chi connectivity index (χ3v) is 3.48. The van der Waals surface area contributed by atoms with Crippen LogP contribution in [0.4, 0.5) is 0 Å². The van der Waals surface area contributed by atoms with Crippen LogP contribution in [0.2, 0.25) is 0 Å². The summed E-state index contributed by atoms with van der Waals surface area (Å²) in [5.74, 6) is 0.764. The van der Waals surface area contributed by atoms with Crippen molar-refractivity contribution < 1.29 is 5.11 Å². The molecule has 0 atom stereocenters. The number of hydrogen-bond donors (Lipinski definition) is 2. The first-order valence-corrected chi connectivity index (χ1v) is 6.61. The van der Waals surface area contributed by atoms with E-state index in [4.69, 9.17) is 0 Å². The Kier molecular flexibility index (Phi) is 3.35. The van der Waals surface area contributed by atoms with Crippen LogP contribution in [0.25, 0.3) is 0 Å². The van der Waals surface area contributed by atoms with Gasteiger partial charge in [0.15, 0.2) is 0 Å². The normalized spacial score (nSPS) is 11.4. The Morgan fingerprint density at radius 2 is 1.45 bits per heavy atom. The van der Waals surface area contributed by atoms with E-state index in [1.54, 1.807) is 12.4 Å². The molecule has 2 N–H and O–H groups in total. The molecule has 1 aromatic heterocycles. The summed E-state index contributed by atoms with van der Waals surface area (Å²) in [5, 5.41) is 11.3. The molecule has 2 aromatic carbocycles. The summed E-state index contributed by atoms with van der Waals surface area (Å²) in [5.41, 5.74) is 0.644. The highest BCUT2D eigenvalue weighted by Gasteiger charge is 2.32. The van der Waals surface area contributed by atoms with E-state index < -0.39 is 5.60 Å². The van der Waals surface area contributed by atoms with Gasteiger partial charge >= 0.3 is 0 Å². The SMILES string of the molecule is OC(Cc1ncc[nH]1)(c1ccccc1)c1ccccc1. The van der Waals surface area contributed by atoms with E-state index in [9.17, 15) is 5.11 Å². The molecule has 0 bridgehead atoms. The predicted molar refractivity (Wildman–Crippen MR) is 78.2 cm³/mol. The van der Waals surface area contributed by atoms with Crippen LogP contribution in [0.5, 0.6) is 0 Å². The van der Waals surface area contributed by atoms with E-state index in [2.05, 4.69) is 9.97 Å². The van der Waals surface area contributed by atoms with E-state index in [-0.39, 0.29) is 0 Å². The van der Waals surface area contributed by atoms with Gasteiger partial charge in [0, 0.05) is 18.8 Å². The van der Waals surface area contributed by atoms with Crippen molar-refractivity contribution in [2.45, 2.75) is 12.0 Å². The Morgan fingerprint density at radius 3 is 1.90 bits per heavy atom. The zero-order valence-electron chi connectivity index (χ0n) is 11.0. The number of aromatic nitrogens is 2. The molecule has 0 fully saturated rings. The minimum Gasteiger partial charge on any atom is -0.380 e. The summed E-state index contributed by atoms with van der Waals surface area (Å²) < 4.78 is 0. The summed E-state index contributed by atoms with van der Waals surface area (Å²) >= 11 is 0. The third kappa shape index (κ3) is 2.36. The molecular weight excluding hydrogens is 248 g/mol. The first kappa shape index (κ1) is 12.6. The Balaban J connectivity index is 2.08. The summed E-state index contributed by atoms with van der Waals surface area (Å²) in [6.07, 6.45) is 3.88. The topological polar surface area (TPSA) is 48.9 Å². The molecule has 0 unspecified atom stereocenters. The van der Waals surface area contributed by atoms with Crippen LogP contribution in [0.3, 0.4) is 0 Å². The fourth-order valence-corrected chi connectivity index (χ4v) is 2.44. The van der Waals surface area contributed by atoms with Gasteiger partial charge in [-0.3, -0.25) is 0 Å². The summed E-state index contributed by atoms with van der Waals surface area (Å²) in [4.78, 5) is 7.30. The average molecular weight is 264 g/mol. The second-order valence-electron chi connectivity index (χ2n) is 4.80. The van der Waals surface area contributed by atoms with E-state index in [0.29, 0.717) is 6.42 Å². The second kappa shape index (κ2) is 5.31. The predicted octanol–water partition coefficient (Wildman–Crippen LogP) is 2.89. The molecule has 3 aromatic rings. The molecule has 0 spiro atoms. The van der Waals surface area contributed by atoms with Crippen molar-refractivity contribution in [1.82, 2.24) is 9.97 Å². The molecule has 0 aliphatic carbocycles. The molecule has 0 aliphatic heterocycles. The molecule has 0 saturated carbocycles. The molecule has 3 rings (SSSR count). The van der Waals surface area contributed by atoms with Crippen molar-refractivity contribution in [2.75, 3.05) is 0 Å². The minimum absolute atomic E-state index is 0.411. The fraction of sp³-hybridized carbons (Fsp3) is 0.118. The minimum atomic E-state index is -1.08. The Bertz CT molecular complexity index is 608. The lowest BCUT2D eigenvalue weighted by Gasteiger charge is -2.28. The molecule has 3 nitrogen and oxygen atoms in total. The number of hydrogen-bond acceptors (Lipinski definition) is 2. The lowest BCUT2D eigenvalue weighted by atomic mass is 9.83. The molecule has 100 valence electrons. The van der Waals surface area contributed by atoms with Gasteiger partial charge in [-0.2, -0.15) is 0 Å². The monoisotopic (exact) mass is 264 g/mol. The molecule has 0 radical (unpaired) electrons. The van der Waals surface area contributed by atoms with Crippen LogP contribution in [-0.2, 0) is 12.0 Å². The van der Waals surface area contributed by atoms with Gasteiger partial charge in [-0.15, -0.1) is 0 Å². The highest BCUT2D eigenvalue weighted by atomic mass is 16.3. The number of benzene rings is 2. The van der Waals surface area contributed by atoms with Crippen LogP contribution >= 0.6 is 0 Å². The standard InChI is InChI=1S/C17H16N2O/c20-17(13-16-18-11-12-19-16,14-7-3-1-4-8-14)15-9-5-2-6-10-15/h1-12,20H,13H2,(H,18,19). The highest BCUT2D eigenvalue weighted by Crippen LogP contribution is 2.32. The van der Waals surface area contributed by atoms with Crippen molar-refractivity contribution in [3.63, 3.8) is 0 Å². The Labute approximate surface area is 117 Å². The van der Waals surface area contributed by atoms with Gasteiger partial charge in [0.1, 0.15) is 11.4 Å². The van der Waals surface area contributed by atoms with Crippen LogP contribution < -0.4 is 0 Å². The molecule has 0 aliphatic rings. The van der Waals surface area contributed by atoms with Crippen LogP contribution in [0.1, 0.15) is 17.0 Å². The quantitative estimate of drug-likeness (QED) is 0.761. The number of imidazole rings is 1. The molecule has 1 heterocycles. The summed E-state index contributed by atoms with van der Waals surface area (Å²) in [6.45, 7) is 0.